The number of hydrogen-bond acceptors (Lipinski definition) is 5. The van der Waals surface area contributed by atoms with E-state index in [1.807, 2.05) is 6.07 Å². The van der Waals surface area contributed by atoms with Gasteiger partial charge in [-0.2, -0.15) is 5.26 Å². The highest BCUT2D eigenvalue weighted by molar-refractivity contribution is 7.98. The summed E-state index contributed by atoms with van der Waals surface area (Å²) in [6.45, 7) is -0.114. The summed E-state index contributed by atoms with van der Waals surface area (Å²) in [5, 5.41) is 9.59. The lowest BCUT2D eigenvalue weighted by Crippen LogP contribution is -2.14. The molecule has 0 amide bonds. The summed E-state index contributed by atoms with van der Waals surface area (Å²) in [5.41, 5.74) is 0.505. The maximum atomic E-state index is 12.0. The fraction of sp³-hybridized carbons (Fsp3) is 0.267. The Morgan fingerprint density at radius 2 is 2.14 bits per heavy atom. The fourth-order valence-corrected chi connectivity index (χ4v) is 2.19. The summed E-state index contributed by atoms with van der Waals surface area (Å²) in [5.74, 6) is 0.602. The number of thioether (sulfide) groups is 1. The van der Waals surface area contributed by atoms with E-state index in [1.54, 1.807) is 30.5 Å². The van der Waals surface area contributed by atoms with Crippen molar-refractivity contribution in [1.29, 1.82) is 5.26 Å². The van der Waals surface area contributed by atoms with E-state index >= 15 is 0 Å². The monoisotopic (exact) mass is 319 g/mol. The summed E-state index contributed by atoms with van der Waals surface area (Å²) in [6.07, 6.45) is 2.13. The van der Waals surface area contributed by atoms with Gasteiger partial charge in [-0.25, -0.2) is 4.98 Å². The molecule has 0 saturated carbocycles. The third-order valence-corrected chi connectivity index (χ3v) is 3.46. The maximum absolute atomic E-state index is 12.0. The summed E-state index contributed by atoms with van der Waals surface area (Å²) < 4.78 is 17.4. The van der Waals surface area contributed by atoms with E-state index in [1.165, 1.54) is 11.8 Å². The molecular weight excluding hydrogens is 305 g/mol. The van der Waals surface area contributed by atoms with Crippen LogP contribution in [-0.4, -0.2) is 29.5 Å². The molecule has 0 aliphatic heterocycles. The highest BCUT2D eigenvalue weighted by Crippen LogP contribution is 2.23. The Hall–Kier alpha value is -2.33. The van der Waals surface area contributed by atoms with Crippen molar-refractivity contribution in [2.75, 3.05) is 19.5 Å². The van der Waals surface area contributed by atoms with Gasteiger partial charge in [-0.3, -0.25) is 9.18 Å². The van der Waals surface area contributed by atoms with E-state index in [0.29, 0.717) is 35.2 Å². The minimum Gasteiger partial charge on any atom is -0.493 e. The number of ether oxygens (including phenoxy) is 1. The van der Waals surface area contributed by atoms with Crippen molar-refractivity contribution in [2.24, 2.45) is 0 Å². The third-order valence-electron chi connectivity index (χ3n) is 2.88. The van der Waals surface area contributed by atoms with E-state index in [-0.39, 0.29) is 5.56 Å². The number of rotatable bonds is 6. The van der Waals surface area contributed by atoms with Crippen LogP contribution in [0, 0.1) is 11.3 Å². The first-order chi connectivity index (χ1) is 10.7. The Balaban J connectivity index is 2.34. The van der Waals surface area contributed by atoms with Gasteiger partial charge in [0, 0.05) is 12.0 Å². The number of H-pyrrole nitrogens is 1. The Morgan fingerprint density at radius 1 is 1.41 bits per heavy atom. The van der Waals surface area contributed by atoms with Crippen molar-refractivity contribution < 1.29 is 9.13 Å². The van der Waals surface area contributed by atoms with Gasteiger partial charge in [0.25, 0.3) is 5.56 Å². The molecule has 7 heteroatoms. The number of alkyl halides is 1. The van der Waals surface area contributed by atoms with Gasteiger partial charge in [-0.1, -0.05) is 11.8 Å². The maximum Gasteiger partial charge on any atom is 0.270 e. The smallest absolute Gasteiger partial charge is 0.270 e. The zero-order valence-corrected chi connectivity index (χ0v) is 12.7. The summed E-state index contributed by atoms with van der Waals surface area (Å²) >= 11 is 1.29. The minimum absolute atomic E-state index is 0.0242. The number of aromatic nitrogens is 2. The number of hydrogen-bond donors (Lipinski definition) is 1. The topological polar surface area (TPSA) is 78.8 Å². The van der Waals surface area contributed by atoms with Gasteiger partial charge in [0.1, 0.15) is 17.4 Å². The second-order valence-corrected chi connectivity index (χ2v) is 5.12. The van der Waals surface area contributed by atoms with E-state index in [2.05, 4.69) is 9.97 Å². The number of nitrogens with zero attached hydrogens (tertiary/aromatic N) is 2. The Morgan fingerprint density at radius 3 is 2.73 bits per heavy atom. The van der Waals surface area contributed by atoms with Crippen LogP contribution in [0.2, 0.25) is 0 Å². The molecule has 0 unspecified atom stereocenters. The van der Waals surface area contributed by atoms with Crippen LogP contribution in [0.5, 0.6) is 5.75 Å². The van der Waals surface area contributed by atoms with E-state index < -0.39 is 12.2 Å². The van der Waals surface area contributed by atoms with E-state index in [4.69, 9.17) is 10.00 Å². The molecule has 5 nitrogen and oxygen atoms in total. The Kier molecular flexibility index (Phi) is 5.55. The standard InChI is InChI=1S/C15H14FN3O2S/c1-22-15-18-13(12(9-17)14(20)19-15)10-3-5-11(6-4-10)21-8-2-7-16/h3-6H,2,7-8H2,1H3,(H,18,19,20). The van der Waals surface area contributed by atoms with Gasteiger partial charge in [0.05, 0.1) is 19.0 Å². The zero-order valence-electron chi connectivity index (χ0n) is 11.9. The van der Waals surface area contributed by atoms with E-state index in [9.17, 15) is 9.18 Å². The first kappa shape index (κ1) is 16.0. The highest BCUT2D eigenvalue weighted by atomic mass is 32.2. The number of nitrogens with one attached hydrogen (secondary N) is 1. The second kappa shape index (κ2) is 7.61. The van der Waals surface area contributed by atoms with Crippen molar-refractivity contribution in [3.63, 3.8) is 0 Å². The van der Waals surface area contributed by atoms with Crippen molar-refractivity contribution >= 4 is 11.8 Å². The lowest BCUT2D eigenvalue weighted by Gasteiger charge is -2.07. The lowest BCUT2D eigenvalue weighted by molar-refractivity contribution is 0.289. The van der Waals surface area contributed by atoms with Crippen LogP contribution >= 0.6 is 11.8 Å². The summed E-state index contributed by atoms with van der Waals surface area (Å²) in [7, 11) is 0. The van der Waals surface area contributed by atoms with Crippen LogP contribution in [0.1, 0.15) is 12.0 Å². The van der Waals surface area contributed by atoms with Crippen LogP contribution in [-0.2, 0) is 0 Å². The van der Waals surface area contributed by atoms with Gasteiger partial charge in [0.2, 0.25) is 0 Å². The summed E-state index contributed by atoms with van der Waals surface area (Å²) in [4.78, 5) is 18.7. The quantitative estimate of drug-likeness (QED) is 0.503. The molecule has 2 aromatic rings. The third kappa shape index (κ3) is 3.65. The molecular formula is C15H14FN3O2S. The molecule has 0 bridgehead atoms. The Labute approximate surface area is 131 Å². The van der Waals surface area contributed by atoms with E-state index in [0.717, 1.165) is 0 Å². The molecule has 1 N–H and O–H groups in total. The first-order valence-corrected chi connectivity index (χ1v) is 7.79. The number of nitriles is 1. The predicted molar refractivity (Wildman–Crippen MR) is 82.9 cm³/mol. The highest BCUT2D eigenvalue weighted by Gasteiger charge is 2.13. The predicted octanol–water partition coefficient (Wildman–Crippen LogP) is 2.77. The molecule has 114 valence electrons. The average molecular weight is 319 g/mol. The number of benzene rings is 1. The molecule has 0 saturated heterocycles. The SMILES string of the molecule is CSc1nc(-c2ccc(OCCCF)cc2)c(C#N)c(=O)[nH]1. The van der Waals surface area contributed by atoms with Gasteiger partial charge in [-0.15, -0.1) is 0 Å². The largest absolute Gasteiger partial charge is 0.493 e. The molecule has 0 fully saturated rings. The van der Waals surface area contributed by atoms with Gasteiger partial charge in [-0.05, 0) is 30.5 Å². The molecule has 2 rings (SSSR count). The summed E-state index contributed by atoms with van der Waals surface area (Å²) in [6, 6.07) is 8.73. The minimum atomic E-state index is -0.458. The average Bonchev–Trinajstić information content (AvgIpc) is 2.55. The van der Waals surface area contributed by atoms with Crippen LogP contribution in [0.3, 0.4) is 0 Å². The Bertz CT molecular complexity index is 738. The fourth-order valence-electron chi connectivity index (χ4n) is 1.82. The van der Waals surface area contributed by atoms with Crippen LogP contribution < -0.4 is 10.3 Å². The van der Waals surface area contributed by atoms with Crippen LogP contribution in [0.15, 0.2) is 34.2 Å². The second-order valence-electron chi connectivity index (χ2n) is 4.33. The van der Waals surface area contributed by atoms with Crippen molar-refractivity contribution in [3.8, 4) is 23.1 Å². The van der Waals surface area contributed by atoms with Crippen LogP contribution in [0.4, 0.5) is 4.39 Å². The molecule has 1 aromatic heterocycles. The van der Waals surface area contributed by atoms with Gasteiger partial charge >= 0.3 is 0 Å². The first-order valence-electron chi connectivity index (χ1n) is 6.57. The molecule has 0 spiro atoms. The van der Waals surface area contributed by atoms with Crippen molar-refractivity contribution in [2.45, 2.75) is 11.6 Å². The van der Waals surface area contributed by atoms with Gasteiger partial charge in [0.15, 0.2) is 5.16 Å². The van der Waals surface area contributed by atoms with Crippen LogP contribution in [0.25, 0.3) is 11.3 Å². The molecule has 22 heavy (non-hydrogen) atoms. The molecule has 0 aliphatic rings. The van der Waals surface area contributed by atoms with Crippen molar-refractivity contribution in [3.05, 3.63) is 40.2 Å². The molecule has 1 heterocycles. The zero-order chi connectivity index (χ0) is 15.9. The molecule has 0 radical (unpaired) electrons. The lowest BCUT2D eigenvalue weighted by atomic mass is 10.1. The normalized spacial score (nSPS) is 10.2. The number of halogens is 1. The van der Waals surface area contributed by atoms with Gasteiger partial charge < -0.3 is 9.72 Å². The number of aromatic amines is 1. The molecule has 1 aromatic carbocycles. The molecule has 0 atom stereocenters. The van der Waals surface area contributed by atoms with Crippen molar-refractivity contribution in [1.82, 2.24) is 9.97 Å². The molecule has 0 aliphatic carbocycles.